The summed E-state index contributed by atoms with van der Waals surface area (Å²) >= 11 is 11.2. The van der Waals surface area contributed by atoms with Crippen LogP contribution < -0.4 is 11.3 Å². The van der Waals surface area contributed by atoms with Gasteiger partial charge in [0.2, 0.25) is 0 Å². The Morgan fingerprint density at radius 2 is 2.19 bits per heavy atom. The molecule has 3 N–H and O–H groups in total. The maximum Gasteiger partial charge on any atom is 0.142 e. The van der Waals surface area contributed by atoms with Gasteiger partial charge >= 0.3 is 0 Å². The van der Waals surface area contributed by atoms with Gasteiger partial charge in [-0.15, -0.1) is 11.6 Å². The Balaban J connectivity index is 2.59. The molecule has 0 aliphatic heterocycles. The summed E-state index contributed by atoms with van der Waals surface area (Å²) in [5.41, 5.74) is 3.58. The van der Waals surface area contributed by atoms with E-state index in [2.05, 4.69) is 5.43 Å². The summed E-state index contributed by atoms with van der Waals surface area (Å²) in [4.78, 5) is 0. The lowest BCUT2D eigenvalue weighted by molar-refractivity contribution is 0.486. The molecule has 2 nitrogen and oxygen atoms in total. The number of rotatable bonds is 6. The number of nitrogens with two attached hydrogens (primary N) is 1. The molecule has 0 amide bonds. The minimum atomic E-state index is -0.396. The molecule has 5 heteroatoms. The maximum absolute atomic E-state index is 13.2. The minimum absolute atomic E-state index is 0.110. The topological polar surface area (TPSA) is 38.0 Å². The number of nitrogens with one attached hydrogen (secondary N) is 1. The second-order valence-electron chi connectivity index (χ2n) is 3.65. The fraction of sp³-hybridized carbons (Fsp3) is 0.455. The van der Waals surface area contributed by atoms with Crippen molar-refractivity contribution < 1.29 is 4.39 Å². The van der Waals surface area contributed by atoms with Gasteiger partial charge in [0, 0.05) is 11.9 Å². The smallest absolute Gasteiger partial charge is 0.142 e. The molecule has 0 aliphatic rings. The monoisotopic (exact) mass is 264 g/mol. The van der Waals surface area contributed by atoms with Crippen molar-refractivity contribution in [1.82, 2.24) is 5.43 Å². The van der Waals surface area contributed by atoms with Gasteiger partial charge in [-0.05, 0) is 37.0 Å². The van der Waals surface area contributed by atoms with E-state index < -0.39 is 5.82 Å². The number of hydrazine groups is 1. The lowest BCUT2D eigenvalue weighted by atomic mass is 10.0. The number of hydrogen-bond donors (Lipinski definition) is 2. The van der Waals surface area contributed by atoms with Crippen LogP contribution >= 0.6 is 23.2 Å². The molecule has 0 aliphatic carbocycles. The minimum Gasteiger partial charge on any atom is -0.271 e. The first-order valence-electron chi connectivity index (χ1n) is 5.13. The number of halogens is 3. The van der Waals surface area contributed by atoms with Gasteiger partial charge in [-0.25, -0.2) is 4.39 Å². The van der Waals surface area contributed by atoms with Crippen LogP contribution in [0.2, 0.25) is 5.02 Å². The molecule has 90 valence electrons. The fourth-order valence-corrected chi connectivity index (χ4v) is 1.79. The molecule has 0 heterocycles. The second kappa shape index (κ2) is 7.07. The van der Waals surface area contributed by atoms with Gasteiger partial charge in [-0.3, -0.25) is 11.3 Å². The van der Waals surface area contributed by atoms with Crippen LogP contribution in [0.25, 0.3) is 0 Å². The SMILES string of the molecule is NNC(CCCCl)Cc1ccc(Cl)c(F)c1. The molecular formula is C11H15Cl2FN2. The van der Waals surface area contributed by atoms with Crippen molar-refractivity contribution >= 4 is 23.2 Å². The normalized spacial score (nSPS) is 12.8. The summed E-state index contributed by atoms with van der Waals surface area (Å²) in [5, 5.41) is 0.141. The molecule has 0 bridgehead atoms. The van der Waals surface area contributed by atoms with Crippen LogP contribution in [-0.4, -0.2) is 11.9 Å². The van der Waals surface area contributed by atoms with E-state index in [1.807, 2.05) is 0 Å². The van der Waals surface area contributed by atoms with E-state index in [1.54, 1.807) is 12.1 Å². The predicted molar refractivity (Wildman–Crippen MR) is 66.2 cm³/mol. The summed E-state index contributed by atoms with van der Waals surface area (Å²) in [6.45, 7) is 0. The Morgan fingerprint density at radius 1 is 1.44 bits per heavy atom. The van der Waals surface area contributed by atoms with Crippen molar-refractivity contribution in [3.05, 3.63) is 34.6 Å². The summed E-state index contributed by atoms with van der Waals surface area (Å²) < 4.78 is 13.2. The molecule has 1 unspecified atom stereocenters. The third-order valence-electron chi connectivity index (χ3n) is 2.39. The molecule has 0 radical (unpaired) electrons. The molecule has 0 fully saturated rings. The lowest BCUT2D eigenvalue weighted by Crippen LogP contribution is -2.36. The van der Waals surface area contributed by atoms with Crippen molar-refractivity contribution in [1.29, 1.82) is 0 Å². The Morgan fingerprint density at radius 3 is 2.75 bits per heavy atom. The van der Waals surface area contributed by atoms with Crippen LogP contribution in [0.4, 0.5) is 4.39 Å². The first-order valence-corrected chi connectivity index (χ1v) is 6.04. The number of alkyl halides is 1. The van der Waals surface area contributed by atoms with Crippen LogP contribution in [0.5, 0.6) is 0 Å². The Hall–Kier alpha value is -0.350. The average molecular weight is 265 g/mol. The van der Waals surface area contributed by atoms with Gasteiger partial charge < -0.3 is 0 Å². The van der Waals surface area contributed by atoms with Gasteiger partial charge in [-0.1, -0.05) is 17.7 Å². The lowest BCUT2D eigenvalue weighted by Gasteiger charge is -2.15. The van der Waals surface area contributed by atoms with Gasteiger partial charge in [0.15, 0.2) is 0 Å². The zero-order valence-electron chi connectivity index (χ0n) is 8.85. The zero-order chi connectivity index (χ0) is 12.0. The Kier molecular flexibility index (Phi) is 6.06. The highest BCUT2D eigenvalue weighted by molar-refractivity contribution is 6.30. The van der Waals surface area contributed by atoms with Crippen molar-refractivity contribution in [3.8, 4) is 0 Å². The van der Waals surface area contributed by atoms with E-state index in [4.69, 9.17) is 29.0 Å². The fourth-order valence-electron chi connectivity index (χ4n) is 1.52. The summed E-state index contributed by atoms with van der Waals surface area (Å²) in [5.74, 6) is 5.62. The van der Waals surface area contributed by atoms with E-state index in [-0.39, 0.29) is 11.1 Å². The standard InChI is InChI=1S/C11H15Cl2FN2/c12-5-1-2-9(16-15)6-8-3-4-10(13)11(14)7-8/h3-4,7,9,16H,1-2,5-6,15H2. The Bertz CT molecular complexity index is 334. The quantitative estimate of drug-likeness (QED) is 0.471. The van der Waals surface area contributed by atoms with Gasteiger partial charge in [-0.2, -0.15) is 0 Å². The van der Waals surface area contributed by atoms with Gasteiger partial charge in [0.05, 0.1) is 5.02 Å². The molecule has 1 aromatic carbocycles. The summed E-state index contributed by atoms with van der Waals surface area (Å²) in [6, 6.07) is 4.91. The van der Waals surface area contributed by atoms with E-state index in [0.29, 0.717) is 12.3 Å². The average Bonchev–Trinajstić information content (AvgIpc) is 2.29. The molecule has 0 aromatic heterocycles. The molecule has 1 rings (SSSR count). The molecule has 0 saturated heterocycles. The Labute approximate surface area is 105 Å². The first-order chi connectivity index (χ1) is 7.67. The van der Waals surface area contributed by atoms with Crippen molar-refractivity contribution in [3.63, 3.8) is 0 Å². The van der Waals surface area contributed by atoms with Crippen LogP contribution in [0.3, 0.4) is 0 Å². The third-order valence-corrected chi connectivity index (χ3v) is 2.96. The van der Waals surface area contributed by atoms with Crippen molar-refractivity contribution in [2.45, 2.75) is 25.3 Å². The molecule has 0 saturated carbocycles. The maximum atomic E-state index is 13.2. The highest BCUT2D eigenvalue weighted by Crippen LogP contribution is 2.17. The molecule has 0 spiro atoms. The van der Waals surface area contributed by atoms with Gasteiger partial charge in [0.25, 0.3) is 0 Å². The molecular weight excluding hydrogens is 250 g/mol. The number of hydrogen-bond acceptors (Lipinski definition) is 2. The first kappa shape index (κ1) is 13.7. The second-order valence-corrected chi connectivity index (χ2v) is 4.43. The van der Waals surface area contributed by atoms with E-state index in [1.165, 1.54) is 6.07 Å². The third kappa shape index (κ3) is 4.26. The van der Waals surface area contributed by atoms with Crippen LogP contribution in [0, 0.1) is 5.82 Å². The van der Waals surface area contributed by atoms with Crippen LogP contribution in [-0.2, 0) is 6.42 Å². The van der Waals surface area contributed by atoms with Crippen molar-refractivity contribution in [2.24, 2.45) is 5.84 Å². The van der Waals surface area contributed by atoms with E-state index >= 15 is 0 Å². The largest absolute Gasteiger partial charge is 0.271 e. The van der Waals surface area contributed by atoms with E-state index in [0.717, 1.165) is 18.4 Å². The summed E-state index contributed by atoms with van der Waals surface area (Å²) in [6.07, 6.45) is 2.41. The van der Waals surface area contributed by atoms with Gasteiger partial charge in [0.1, 0.15) is 5.82 Å². The molecule has 1 atom stereocenters. The zero-order valence-corrected chi connectivity index (χ0v) is 10.4. The van der Waals surface area contributed by atoms with Crippen LogP contribution in [0.15, 0.2) is 18.2 Å². The highest BCUT2D eigenvalue weighted by atomic mass is 35.5. The predicted octanol–water partition coefficient (Wildman–Crippen LogP) is 2.87. The summed E-state index contributed by atoms with van der Waals surface area (Å²) in [7, 11) is 0. The van der Waals surface area contributed by atoms with Crippen LogP contribution in [0.1, 0.15) is 18.4 Å². The highest BCUT2D eigenvalue weighted by Gasteiger charge is 2.09. The molecule has 16 heavy (non-hydrogen) atoms. The van der Waals surface area contributed by atoms with Crippen molar-refractivity contribution in [2.75, 3.05) is 5.88 Å². The van der Waals surface area contributed by atoms with E-state index in [9.17, 15) is 4.39 Å². The molecule has 1 aromatic rings. The number of benzene rings is 1.